The molecule has 1 N–H and O–H groups in total. The zero-order valence-electron chi connectivity index (χ0n) is 13.6. The Morgan fingerprint density at radius 2 is 1.72 bits per heavy atom. The molecule has 0 aliphatic heterocycles. The summed E-state index contributed by atoms with van der Waals surface area (Å²) in [6.07, 6.45) is 2.67. The molecule has 2 aromatic carbocycles. The topological polar surface area (TPSA) is 55.1 Å². The first-order valence-corrected chi connectivity index (χ1v) is 8.46. The molecule has 0 radical (unpaired) electrons. The molecule has 0 bridgehead atoms. The van der Waals surface area contributed by atoms with E-state index in [0.717, 1.165) is 23.5 Å². The minimum atomic E-state index is 0.417. The molecule has 2 atom stereocenters. The molecule has 1 aliphatic rings. The molecule has 1 saturated carbocycles. The molecule has 122 valence electrons. The Bertz CT molecular complexity index is 1010. The molecular formula is C20H17N5. The molecule has 5 rings (SSSR count). The highest BCUT2D eigenvalue weighted by Gasteiger charge is 2.38. The number of hydrogen-bond donors (Lipinski definition) is 1. The van der Waals surface area contributed by atoms with Crippen LogP contribution in [0.3, 0.4) is 0 Å². The molecule has 0 spiro atoms. The zero-order chi connectivity index (χ0) is 16.6. The number of rotatable bonds is 4. The predicted octanol–water partition coefficient (Wildman–Crippen LogP) is 3.76. The van der Waals surface area contributed by atoms with Gasteiger partial charge in [0, 0.05) is 23.6 Å². The minimum absolute atomic E-state index is 0.417. The van der Waals surface area contributed by atoms with Crippen molar-refractivity contribution in [1.82, 2.24) is 19.6 Å². The van der Waals surface area contributed by atoms with Gasteiger partial charge in [0.05, 0.1) is 5.69 Å². The maximum absolute atomic E-state index is 4.62. The van der Waals surface area contributed by atoms with Gasteiger partial charge in [0.25, 0.3) is 5.78 Å². The van der Waals surface area contributed by atoms with Crippen LogP contribution in [0.15, 0.2) is 73.1 Å². The van der Waals surface area contributed by atoms with Crippen LogP contribution in [0.25, 0.3) is 17.0 Å². The molecule has 5 heteroatoms. The van der Waals surface area contributed by atoms with E-state index in [-0.39, 0.29) is 0 Å². The molecular weight excluding hydrogens is 310 g/mol. The largest absolute Gasteiger partial charge is 0.366 e. The molecule has 4 aromatic rings. The van der Waals surface area contributed by atoms with Crippen molar-refractivity contribution in [2.75, 3.05) is 5.32 Å². The third-order valence-corrected chi connectivity index (χ3v) is 4.67. The van der Waals surface area contributed by atoms with Gasteiger partial charge < -0.3 is 5.32 Å². The SMILES string of the molecule is c1ccc(-c2cc(N[C@@H]3C[C@H]3c3ccccc3)n3ncnc3n2)cc1. The molecule has 1 fully saturated rings. The monoisotopic (exact) mass is 327 g/mol. The van der Waals surface area contributed by atoms with Crippen LogP contribution in [0.1, 0.15) is 17.9 Å². The van der Waals surface area contributed by atoms with Crippen molar-refractivity contribution in [3.63, 3.8) is 0 Å². The quantitative estimate of drug-likeness (QED) is 0.620. The normalized spacial score (nSPS) is 19.0. The van der Waals surface area contributed by atoms with Crippen molar-refractivity contribution < 1.29 is 0 Å². The van der Waals surface area contributed by atoms with E-state index in [1.807, 2.05) is 18.2 Å². The number of benzene rings is 2. The summed E-state index contributed by atoms with van der Waals surface area (Å²) >= 11 is 0. The van der Waals surface area contributed by atoms with Gasteiger partial charge >= 0.3 is 0 Å². The summed E-state index contributed by atoms with van der Waals surface area (Å²) in [5.74, 6) is 2.10. The van der Waals surface area contributed by atoms with Gasteiger partial charge in [0.1, 0.15) is 12.1 Å². The summed E-state index contributed by atoms with van der Waals surface area (Å²) in [5.41, 5.74) is 3.36. The van der Waals surface area contributed by atoms with E-state index in [9.17, 15) is 0 Å². The predicted molar refractivity (Wildman–Crippen MR) is 97.4 cm³/mol. The smallest absolute Gasteiger partial charge is 0.254 e. The van der Waals surface area contributed by atoms with E-state index in [2.05, 4.69) is 68.9 Å². The number of nitrogens with zero attached hydrogens (tertiary/aromatic N) is 4. The number of nitrogens with one attached hydrogen (secondary N) is 1. The Balaban J connectivity index is 1.48. The van der Waals surface area contributed by atoms with Crippen LogP contribution in [0, 0.1) is 0 Å². The van der Waals surface area contributed by atoms with Gasteiger partial charge in [0.2, 0.25) is 0 Å². The second-order valence-corrected chi connectivity index (χ2v) is 6.37. The van der Waals surface area contributed by atoms with E-state index < -0.39 is 0 Å². The summed E-state index contributed by atoms with van der Waals surface area (Å²) in [7, 11) is 0. The van der Waals surface area contributed by atoms with E-state index in [0.29, 0.717) is 17.7 Å². The molecule has 0 unspecified atom stereocenters. The maximum atomic E-state index is 4.62. The lowest BCUT2D eigenvalue weighted by atomic mass is 10.1. The first-order valence-electron chi connectivity index (χ1n) is 8.46. The highest BCUT2D eigenvalue weighted by Crippen LogP contribution is 2.42. The highest BCUT2D eigenvalue weighted by molar-refractivity contribution is 5.65. The molecule has 0 amide bonds. The molecule has 1 aliphatic carbocycles. The summed E-state index contributed by atoms with van der Waals surface area (Å²) in [6, 6.07) is 23.3. The molecule has 5 nitrogen and oxygen atoms in total. The Morgan fingerprint density at radius 3 is 2.52 bits per heavy atom. The standard InChI is InChI=1S/C20H17N5/c1-3-7-14(8-4-1)16-11-18(16)23-19-12-17(15-9-5-2-6-10-15)24-20-21-13-22-25(19)20/h1-10,12-13,16,18,23H,11H2/t16-,18+/m0/s1. The number of anilines is 1. The van der Waals surface area contributed by atoms with Crippen molar-refractivity contribution in [2.45, 2.75) is 18.4 Å². The minimum Gasteiger partial charge on any atom is -0.366 e. The second kappa shape index (κ2) is 5.70. The third-order valence-electron chi connectivity index (χ3n) is 4.67. The van der Waals surface area contributed by atoms with E-state index in [4.69, 9.17) is 0 Å². The summed E-state index contributed by atoms with van der Waals surface area (Å²) in [5, 5.41) is 7.94. The van der Waals surface area contributed by atoms with E-state index >= 15 is 0 Å². The highest BCUT2D eigenvalue weighted by atomic mass is 15.4. The van der Waals surface area contributed by atoms with Crippen molar-refractivity contribution >= 4 is 11.6 Å². The fourth-order valence-electron chi connectivity index (χ4n) is 3.28. The summed E-state index contributed by atoms with van der Waals surface area (Å²) in [4.78, 5) is 8.89. The first kappa shape index (κ1) is 14.2. The fraction of sp³-hybridized carbons (Fsp3) is 0.150. The van der Waals surface area contributed by atoms with Crippen molar-refractivity contribution in [3.8, 4) is 11.3 Å². The van der Waals surface area contributed by atoms with E-state index in [1.165, 1.54) is 5.56 Å². The van der Waals surface area contributed by atoms with Crippen LogP contribution in [0.4, 0.5) is 5.82 Å². The lowest BCUT2D eigenvalue weighted by Gasteiger charge is -2.10. The lowest BCUT2D eigenvalue weighted by Crippen LogP contribution is -2.10. The molecule has 2 heterocycles. The van der Waals surface area contributed by atoms with Crippen LogP contribution in [-0.2, 0) is 0 Å². The van der Waals surface area contributed by atoms with Crippen LogP contribution in [0.2, 0.25) is 0 Å². The van der Waals surface area contributed by atoms with Crippen LogP contribution in [-0.4, -0.2) is 25.6 Å². The first-order chi connectivity index (χ1) is 12.4. The number of fused-ring (bicyclic) bond motifs is 1. The second-order valence-electron chi connectivity index (χ2n) is 6.37. The Morgan fingerprint density at radius 1 is 0.960 bits per heavy atom. The van der Waals surface area contributed by atoms with Gasteiger partial charge in [-0.2, -0.15) is 14.6 Å². The Labute approximate surface area is 145 Å². The summed E-state index contributed by atoms with van der Waals surface area (Å²) in [6.45, 7) is 0. The van der Waals surface area contributed by atoms with Gasteiger partial charge in [-0.25, -0.2) is 4.98 Å². The Hall–Kier alpha value is -3.21. The van der Waals surface area contributed by atoms with Gasteiger partial charge in [-0.3, -0.25) is 0 Å². The lowest BCUT2D eigenvalue weighted by molar-refractivity contribution is 0.917. The molecule has 0 saturated heterocycles. The molecule has 25 heavy (non-hydrogen) atoms. The maximum Gasteiger partial charge on any atom is 0.254 e. The fourth-order valence-corrected chi connectivity index (χ4v) is 3.28. The van der Waals surface area contributed by atoms with Crippen LogP contribution < -0.4 is 5.32 Å². The van der Waals surface area contributed by atoms with Crippen molar-refractivity contribution in [1.29, 1.82) is 0 Å². The van der Waals surface area contributed by atoms with Gasteiger partial charge in [-0.05, 0) is 12.0 Å². The summed E-state index contributed by atoms with van der Waals surface area (Å²) < 4.78 is 1.77. The van der Waals surface area contributed by atoms with Crippen molar-refractivity contribution in [3.05, 3.63) is 78.6 Å². The Kier molecular flexibility index (Phi) is 3.23. The average Bonchev–Trinajstić information content (AvgIpc) is 3.27. The van der Waals surface area contributed by atoms with Gasteiger partial charge in [-0.15, -0.1) is 0 Å². The number of hydrogen-bond acceptors (Lipinski definition) is 4. The van der Waals surface area contributed by atoms with Crippen LogP contribution >= 0.6 is 0 Å². The zero-order valence-corrected chi connectivity index (χ0v) is 13.6. The average molecular weight is 327 g/mol. The van der Waals surface area contributed by atoms with Crippen molar-refractivity contribution in [2.24, 2.45) is 0 Å². The molecule has 2 aromatic heterocycles. The van der Waals surface area contributed by atoms with Gasteiger partial charge in [0.15, 0.2) is 0 Å². The number of aromatic nitrogens is 4. The van der Waals surface area contributed by atoms with Crippen LogP contribution in [0.5, 0.6) is 0 Å². The third kappa shape index (κ3) is 2.63. The van der Waals surface area contributed by atoms with Gasteiger partial charge in [-0.1, -0.05) is 60.7 Å². The van der Waals surface area contributed by atoms with E-state index in [1.54, 1.807) is 10.8 Å².